The van der Waals surface area contributed by atoms with Crippen molar-refractivity contribution in [3.63, 3.8) is 0 Å². The minimum Gasteiger partial charge on any atom is -0.393 e. The molecule has 96 valence electrons. The van der Waals surface area contributed by atoms with Crippen molar-refractivity contribution in [1.29, 1.82) is 0 Å². The molecule has 0 radical (unpaired) electrons. The van der Waals surface area contributed by atoms with Gasteiger partial charge in [-0.15, -0.1) is 0 Å². The molecule has 0 spiro atoms. The lowest BCUT2D eigenvalue weighted by atomic mass is 10.0. The van der Waals surface area contributed by atoms with Gasteiger partial charge in [-0.25, -0.2) is 0 Å². The Balaban J connectivity index is 1.53. The summed E-state index contributed by atoms with van der Waals surface area (Å²) < 4.78 is 0. The normalized spacial score (nSPS) is 41.2. The maximum atomic E-state index is 11.8. The van der Waals surface area contributed by atoms with E-state index in [9.17, 15) is 9.90 Å². The van der Waals surface area contributed by atoms with E-state index in [0.717, 1.165) is 45.2 Å². The highest BCUT2D eigenvalue weighted by molar-refractivity contribution is 5.80. The SMILES string of the molecule is O=C1CC(NCC2CCCC2O)C2CCCN12. The molecule has 0 aromatic rings. The molecule has 4 atom stereocenters. The molecule has 4 unspecified atom stereocenters. The Hall–Kier alpha value is -0.610. The van der Waals surface area contributed by atoms with Crippen molar-refractivity contribution in [2.75, 3.05) is 13.1 Å². The van der Waals surface area contributed by atoms with E-state index in [-0.39, 0.29) is 6.10 Å². The quantitative estimate of drug-likeness (QED) is 0.753. The Morgan fingerprint density at radius 2 is 2.18 bits per heavy atom. The molecule has 3 rings (SSSR count). The van der Waals surface area contributed by atoms with E-state index in [0.29, 0.717) is 30.3 Å². The molecule has 4 heteroatoms. The summed E-state index contributed by atoms with van der Waals surface area (Å²) >= 11 is 0. The van der Waals surface area contributed by atoms with Crippen molar-refractivity contribution in [3.05, 3.63) is 0 Å². The summed E-state index contributed by atoms with van der Waals surface area (Å²) in [6, 6.07) is 0.763. The fourth-order valence-corrected chi connectivity index (χ4v) is 3.73. The summed E-state index contributed by atoms with van der Waals surface area (Å²) in [6.07, 6.45) is 6.06. The maximum Gasteiger partial charge on any atom is 0.224 e. The zero-order valence-electron chi connectivity index (χ0n) is 10.3. The van der Waals surface area contributed by atoms with Gasteiger partial charge in [-0.1, -0.05) is 6.42 Å². The van der Waals surface area contributed by atoms with Gasteiger partial charge in [0.15, 0.2) is 0 Å². The fraction of sp³-hybridized carbons (Fsp3) is 0.923. The number of nitrogens with zero attached hydrogens (tertiary/aromatic N) is 1. The van der Waals surface area contributed by atoms with Gasteiger partial charge in [0.25, 0.3) is 0 Å². The predicted molar refractivity (Wildman–Crippen MR) is 64.5 cm³/mol. The Kier molecular flexibility index (Phi) is 3.09. The first-order chi connectivity index (χ1) is 8.25. The zero-order valence-corrected chi connectivity index (χ0v) is 10.3. The Bertz CT molecular complexity index is 308. The van der Waals surface area contributed by atoms with Crippen LogP contribution in [0.25, 0.3) is 0 Å². The Morgan fingerprint density at radius 3 is 2.94 bits per heavy atom. The van der Waals surface area contributed by atoms with Gasteiger partial charge in [0.1, 0.15) is 0 Å². The van der Waals surface area contributed by atoms with Gasteiger partial charge in [0, 0.05) is 31.6 Å². The number of carbonyl (C=O) groups is 1. The molecule has 1 aliphatic carbocycles. The molecular formula is C13H22N2O2. The van der Waals surface area contributed by atoms with Crippen LogP contribution < -0.4 is 5.32 Å². The van der Waals surface area contributed by atoms with Crippen LogP contribution in [0.5, 0.6) is 0 Å². The van der Waals surface area contributed by atoms with Crippen molar-refractivity contribution in [2.45, 2.75) is 56.7 Å². The van der Waals surface area contributed by atoms with Gasteiger partial charge in [0.2, 0.25) is 5.91 Å². The minimum absolute atomic E-state index is 0.126. The van der Waals surface area contributed by atoms with Crippen molar-refractivity contribution in [1.82, 2.24) is 10.2 Å². The molecule has 2 saturated heterocycles. The molecule has 17 heavy (non-hydrogen) atoms. The van der Waals surface area contributed by atoms with E-state index >= 15 is 0 Å². The maximum absolute atomic E-state index is 11.8. The van der Waals surface area contributed by atoms with Crippen LogP contribution in [0, 0.1) is 5.92 Å². The smallest absolute Gasteiger partial charge is 0.224 e. The van der Waals surface area contributed by atoms with E-state index in [2.05, 4.69) is 5.32 Å². The molecule has 3 aliphatic rings. The lowest BCUT2D eigenvalue weighted by molar-refractivity contribution is -0.127. The second-order valence-corrected chi connectivity index (χ2v) is 5.77. The highest BCUT2D eigenvalue weighted by Crippen LogP contribution is 2.30. The number of fused-ring (bicyclic) bond motifs is 1. The second kappa shape index (κ2) is 4.58. The third-order valence-corrected chi connectivity index (χ3v) is 4.74. The molecule has 3 fully saturated rings. The van der Waals surface area contributed by atoms with E-state index in [4.69, 9.17) is 0 Å². The van der Waals surface area contributed by atoms with Crippen LogP contribution in [0.3, 0.4) is 0 Å². The average molecular weight is 238 g/mol. The summed E-state index contributed by atoms with van der Waals surface area (Å²) in [5.74, 6) is 0.720. The van der Waals surface area contributed by atoms with E-state index in [1.807, 2.05) is 4.90 Å². The number of aliphatic hydroxyl groups excluding tert-OH is 1. The number of hydrogen-bond acceptors (Lipinski definition) is 3. The summed E-state index contributed by atoms with van der Waals surface area (Å²) in [6.45, 7) is 1.83. The monoisotopic (exact) mass is 238 g/mol. The number of nitrogens with one attached hydrogen (secondary N) is 1. The number of aliphatic hydroxyl groups is 1. The van der Waals surface area contributed by atoms with E-state index in [1.54, 1.807) is 0 Å². The van der Waals surface area contributed by atoms with Gasteiger partial charge in [-0.05, 0) is 31.6 Å². The fourth-order valence-electron chi connectivity index (χ4n) is 3.73. The average Bonchev–Trinajstić information content (AvgIpc) is 2.96. The third kappa shape index (κ3) is 2.08. The first-order valence-electron chi connectivity index (χ1n) is 6.96. The molecule has 1 saturated carbocycles. The van der Waals surface area contributed by atoms with Crippen molar-refractivity contribution >= 4 is 5.91 Å². The van der Waals surface area contributed by atoms with Crippen LogP contribution in [0.4, 0.5) is 0 Å². The summed E-state index contributed by atoms with van der Waals surface area (Å²) in [7, 11) is 0. The number of hydrogen-bond donors (Lipinski definition) is 2. The van der Waals surface area contributed by atoms with Crippen molar-refractivity contribution in [2.24, 2.45) is 5.92 Å². The molecule has 0 aromatic carbocycles. The zero-order chi connectivity index (χ0) is 11.8. The van der Waals surface area contributed by atoms with Gasteiger partial charge in [-0.3, -0.25) is 4.79 Å². The lowest BCUT2D eigenvalue weighted by Gasteiger charge is -2.23. The Labute approximate surface area is 102 Å². The predicted octanol–water partition coefficient (Wildman–Crippen LogP) is 0.500. The molecule has 0 aromatic heterocycles. The van der Waals surface area contributed by atoms with Crippen LogP contribution in [0.1, 0.15) is 38.5 Å². The van der Waals surface area contributed by atoms with Crippen molar-refractivity contribution < 1.29 is 9.90 Å². The summed E-state index contributed by atoms with van der Waals surface area (Å²) in [5.41, 5.74) is 0. The van der Waals surface area contributed by atoms with Crippen LogP contribution >= 0.6 is 0 Å². The summed E-state index contributed by atoms with van der Waals surface area (Å²) in [4.78, 5) is 13.8. The third-order valence-electron chi connectivity index (χ3n) is 4.74. The van der Waals surface area contributed by atoms with Gasteiger partial charge < -0.3 is 15.3 Å². The molecule has 1 amide bonds. The number of amides is 1. The van der Waals surface area contributed by atoms with Gasteiger partial charge >= 0.3 is 0 Å². The molecule has 2 heterocycles. The minimum atomic E-state index is -0.126. The topological polar surface area (TPSA) is 52.6 Å². The molecular weight excluding hydrogens is 216 g/mol. The molecule has 2 N–H and O–H groups in total. The Morgan fingerprint density at radius 1 is 1.29 bits per heavy atom. The highest BCUT2D eigenvalue weighted by atomic mass is 16.3. The second-order valence-electron chi connectivity index (χ2n) is 5.77. The van der Waals surface area contributed by atoms with Crippen LogP contribution in [0.15, 0.2) is 0 Å². The van der Waals surface area contributed by atoms with Gasteiger partial charge in [0.05, 0.1) is 6.10 Å². The standard InChI is InChI=1S/C13H22N2O2/c16-12-5-1-3-9(12)8-14-10-7-13(17)15-6-2-4-11(10)15/h9-12,14,16H,1-8H2. The molecule has 0 bridgehead atoms. The largest absolute Gasteiger partial charge is 0.393 e. The van der Waals surface area contributed by atoms with E-state index in [1.165, 1.54) is 0 Å². The molecule has 2 aliphatic heterocycles. The lowest BCUT2D eigenvalue weighted by Crippen LogP contribution is -2.42. The number of rotatable bonds is 3. The molecule has 4 nitrogen and oxygen atoms in total. The summed E-state index contributed by atoms with van der Waals surface area (Å²) in [5, 5.41) is 13.3. The first kappa shape index (κ1) is 11.5. The van der Waals surface area contributed by atoms with Crippen LogP contribution in [-0.2, 0) is 4.79 Å². The highest BCUT2D eigenvalue weighted by Gasteiger charge is 2.42. The van der Waals surface area contributed by atoms with E-state index < -0.39 is 0 Å². The first-order valence-corrected chi connectivity index (χ1v) is 6.96. The van der Waals surface area contributed by atoms with Crippen LogP contribution in [-0.4, -0.2) is 47.2 Å². The van der Waals surface area contributed by atoms with Crippen LogP contribution in [0.2, 0.25) is 0 Å². The van der Waals surface area contributed by atoms with Gasteiger partial charge in [-0.2, -0.15) is 0 Å². The number of carbonyl (C=O) groups excluding carboxylic acids is 1. The van der Waals surface area contributed by atoms with Crippen molar-refractivity contribution in [3.8, 4) is 0 Å².